The molecule has 3 aromatic rings. The summed E-state index contributed by atoms with van der Waals surface area (Å²) in [5.41, 5.74) is 2.46. The molecule has 0 spiro atoms. The fraction of sp³-hybridized carbons (Fsp3) is 0.286. The molecule has 0 radical (unpaired) electrons. The second-order valence-corrected chi connectivity index (χ2v) is 6.70. The van der Waals surface area contributed by atoms with Crippen molar-refractivity contribution in [3.05, 3.63) is 78.4 Å². The summed E-state index contributed by atoms with van der Waals surface area (Å²) in [6, 6.07) is 20.9. The maximum Gasteiger partial charge on any atom is 0.194 e. The quantitative estimate of drug-likeness (QED) is 0.574. The predicted molar refractivity (Wildman–Crippen MR) is 107 cm³/mol. The van der Waals surface area contributed by atoms with Crippen LogP contribution >= 0.6 is 0 Å². The number of benzene rings is 2. The Morgan fingerprint density at radius 2 is 1.85 bits per heavy atom. The van der Waals surface area contributed by atoms with E-state index in [4.69, 9.17) is 0 Å². The zero-order valence-corrected chi connectivity index (χ0v) is 15.5. The predicted octanol–water partition coefficient (Wildman–Crippen LogP) is 2.83. The molecule has 1 aliphatic heterocycles. The Balaban J connectivity index is 1.41. The minimum atomic E-state index is 0.553. The Morgan fingerprint density at radius 3 is 2.59 bits per heavy atom. The van der Waals surface area contributed by atoms with E-state index in [0.717, 1.165) is 37.0 Å². The van der Waals surface area contributed by atoms with Crippen LogP contribution in [0, 0.1) is 0 Å². The summed E-state index contributed by atoms with van der Waals surface area (Å²) in [5, 5.41) is 11.8. The van der Waals surface area contributed by atoms with Gasteiger partial charge in [-0.1, -0.05) is 48.5 Å². The first-order valence-electron chi connectivity index (χ1n) is 9.30. The Kier molecular flexibility index (Phi) is 5.14. The van der Waals surface area contributed by atoms with Gasteiger partial charge in [0.15, 0.2) is 11.8 Å². The number of nitrogens with one attached hydrogen (secondary N) is 1. The van der Waals surface area contributed by atoms with E-state index in [1.54, 1.807) is 6.33 Å². The van der Waals surface area contributed by atoms with E-state index in [9.17, 15) is 0 Å². The highest BCUT2D eigenvalue weighted by Gasteiger charge is 2.26. The number of likely N-dealkylation sites (tertiary alicyclic amines) is 1. The maximum atomic E-state index is 4.47. The second-order valence-electron chi connectivity index (χ2n) is 6.70. The minimum absolute atomic E-state index is 0.553. The van der Waals surface area contributed by atoms with Crippen molar-refractivity contribution in [2.75, 3.05) is 20.1 Å². The number of aliphatic imine (C=N–C) groups is 1. The van der Waals surface area contributed by atoms with Gasteiger partial charge in [0.05, 0.1) is 6.54 Å². The van der Waals surface area contributed by atoms with Gasteiger partial charge in [0.2, 0.25) is 0 Å². The highest BCUT2D eigenvalue weighted by atomic mass is 15.3. The van der Waals surface area contributed by atoms with Gasteiger partial charge in [0, 0.05) is 31.7 Å². The van der Waals surface area contributed by atoms with Crippen LogP contribution in [0.25, 0.3) is 5.69 Å². The van der Waals surface area contributed by atoms with Gasteiger partial charge >= 0.3 is 0 Å². The van der Waals surface area contributed by atoms with E-state index < -0.39 is 0 Å². The van der Waals surface area contributed by atoms with Gasteiger partial charge in [0.1, 0.15) is 6.33 Å². The van der Waals surface area contributed by atoms with E-state index in [2.05, 4.69) is 55.7 Å². The van der Waals surface area contributed by atoms with E-state index in [-0.39, 0.29) is 0 Å². The number of nitrogens with zero attached hydrogens (tertiary/aromatic N) is 5. The molecule has 0 saturated carbocycles. The topological polar surface area (TPSA) is 58.3 Å². The monoisotopic (exact) mass is 360 g/mol. The van der Waals surface area contributed by atoms with Crippen LogP contribution < -0.4 is 5.32 Å². The third kappa shape index (κ3) is 3.84. The standard InChI is InChI=1S/C21H24N6/c1-22-21(26-13-12-18(15-26)17-8-4-2-5-9-17)23-14-20-25-24-16-27(20)19-10-6-3-7-11-19/h2-11,16,18H,12-15H2,1H3,(H,22,23). The smallest absolute Gasteiger partial charge is 0.194 e. The molecule has 0 amide bonds. The molecule has 1 saturated heterocycles. The van der Waals surface area contributed by atoms with Crippen LogP contribution in [0.1, 0.15) is 23.7 Å². The first-order valence-corrected chi connectivity index (χ1v) is 9.30. The number of para-hydroxylation sites is 1. The average molecular weight is 360 g/mol. The van der Waals surface area contributed by atoms with Gasteiger partial charge in [-0.05, 0) is 24.1 Å². The number of hydrogen-bond acceptors (Lipinski definition) is 3. The lowest BCUT2D eigenvalue weighted by Gasteiger charge is -2.21. The van der Waals surface area contributed by atoms with Gasteiger partial charge in [-0.25, -0.2) is 0 Å². The second kappa shape index (κ2) is 8.03. The van der Waals surface area contributed by atoms with Crippen LogP contribution in [0.15, 0.2) is 72.0 Å². The summed E-state index contributed by atoms with van der Waals surface area (Å²) in [5.74, 6) is 2.33. The molecule has 2 heterocycles. The molecular weight excluding hydrogens is 336 g/mol. The molecule has 0 aliphatic carbocycles. The first-order chi connectivity index (χ1) is 13.3. The van der Waals surface area contributed by atoms with Gasteiger partial charge in [-0.3, -0.25) is 9.56 Å². The molecule has 27 heavy (non-hydrogen) atoms. The van der Waals surface area contributed by atoms with Crippen molar-refractivity contribution in [3.8, 4) is 5.69 Å². The molecule has 1 unspecified atom stereocenters. The molecule has 4 rings (SSSR count). The Bertz CT molecular complexity index is 887. The lowest BCUT2D eigenvalue weighted by Crippen LogP contribution is -2.40. The zero-order valence-electron chi connectivity index (χ0n) is 15.5. The normalized spacial score (nSPS) is 17.3. The van der Waals surface area contributed by atoms with Crippen molar-refractivity contribution in [2.24, 2.45) is 4.99 Å². The third-order valence-corrected chi connectivity index (χ3v) is 5.03. The summed E-state index contributed by atoms with van der Waals surface area (Å²) in [6.07, 6.45) is 2.89. The largest absolute Gasteiger partial charge is 0.349 e. The van der Waals surface area contributed by atoms with Crippen LogP contribution in [-0.2, 0) is 6.54 Å². The van der Waals surface area contributed by atoms with Gasteiger partial charge in [0.25, 0.3) is 0 Å². The Labute approximate surface area is 159 Å². The Hall–Kier alpha value is -3.15. The molecule has 1 aliphatic rings. The molecular formula is C21H24N6. The van der Waals surface area contributed by atoms with E-state index in [1.165, 1.54) is 5.56 Å². The summed E-state index contributed by atoms with van der Waals surface area (Å²) < 4.78 is 2.00. The molecule has 1 fully saturated rings. The molecule has 2 aromatic carbocycles. The average Bonchev–Trinajstić information content (AvgIpc) is 3.40. The van der Waals surface area contributed by atoms with E-state index in [1.807, 2.05) is 41.9 Å². The molecule has 1 N–H and O–H groups in total. The molecule has 6 heteroatoms. The summed E-state index contributed by atoms with van der Waals surface area (Å²) >= 11 is 0. The van der Waals surface area contributed by atoms with Crippen LogP contribution in [0.2, 0.25) is 0 Å². The molecule has 1 atom stereocenters. The molecule has 1 aromatic heterocycles. The zero-order chi connectivity index (χ0) is 18.5. The van der Waals surface area contributed by atoms with Crippen molar-refractivity contribution >= 4 is 5.96 Å². The van der Waals surface area contributed by atoms with Crippen LogP contribution in [0.4, 0.5) is 0 Å². The Morgan fingerprint density at radius 1 is 1.11 bits per heavy atom. The number of rotatable bonds is 4. The highest BCUT2D eigenvalue weighted by molar-refractivity contribution is 5.80. The molecule has 138 valence electrons. The lowest BCUT2D eigenvalue weighted by molar-refractivity contribution is 0.484. The maximum absolute atomic E-state index is 4.47. The van der Waals surface area contributed by atoms with Crippen molar-refractivity contribution in [2.45, 2.75) is 18.9 Å². The summed E-state index contributed by atoms with van der Waals surface area (Å²) in [4.78, 5) is 6.79. The van der Waals surface area contributed by atoms with Crippen molar-refractivity contribution in [1.29, 1.82) is 0 Å². The van der Waals surface area contributed by atoms with Gasteiger partial charge < -0.3 is 10.2 Å². The summed E-state index contributed by atoms with van der Waals surface area (Å²) in [6.45, 7) is 2.56. The fourth-order valence-electron chi connectivity index (χ4n) is 3.62. The third-order valence-electron chi connectivity index (χ3n) is 5.03. The van der Waals surface area contributed by atoms with Crippen molar-refractivity contribution in [3.63, 3.8) is 0 Å². The lowest BCUT2D eigenvalue weighted by atomic mass is 9.99. The van der Waals surface area contributed by atoms with E-state index in [0.29, 0.717) is 12.5 Å². The van der Waals surface area contributed by atoms with Gasteiger partial charge in [-0.2, -0.15) is 0 Å². The van der Waals surface area contributed by atoms with Crippen molar-refractivity contribution in [1.82, 2.24) is 25.0 Å². The van der Waals surface area contributed by atoms with Crippen molar-refractivity contribution < 1.29 is 0 Å². The minimum Gasteiger partial charge on any atom is -0.349 e. The first kappa shape index (κ1) is 17.3. The number of aromatic nitrogens is 3. The highest BCUT2D eigenvalue weighted by Crippen LogP contribution is 2.26. The van der Waals surface area contributed by atoms with Crippen LogP contribution in [0.3, 0.4) is 0 Å². The molecule has 0 bridgehead atoms. The number of hydrogen-bond donors (Lipinski definition) is 1. The fourth-order valence-corrected chi connectivity index (χ4v) is 3.62. The SMILES string of the molecule is CN=C(NCc1nncn1-c1ccccc1)N1CCC(c2ccccc2)C1. The summed E-state index contributed by atoms with van der Waals surface area (Å²) in [7, 11) is 1.83. The number of guanidine groups is 1. The van der Waals surface area contributed by atoms with Gasteiger partial charge in [-0.15, -0.1) is 10.2 Å². The van der Waals surface area contributed by atoms with Crippen LogP contribution in [-0.4, -0.2) is 45.8 Å². The van der Waals surface area contributed by atoms with E-state index >= 15 is 0 Å². The van der Waals surface area contributed by atoms with Crippen LogP contribution in [0.5, 0.6) is 0 Å². The molecule has 6 nitrogen and oxygen atoms in total.